The van der Waals surface area contributed by atoms with Crippen LogP contribution in [0.5, 0.6) is 5.75 Å². The van der Waals surface area contributed by atoms with E-state index < -0.39 is 0 Å². The highest BCUT2D eigenvalue weighted by Crippen LogP contribution is 2.37. The number of carbonyl (C=O) groups excluding carboxylic acids is 1. The van der Waals surface area contributed by atoms with Crippen LogP contribution in [0.1, 0.15) is 54.4 Å². The molecule has 1 aromatic rings. The number of fused-ring (bicyclic) bond motifs is 1. The van der Waals surface area contributed by atoms with Crippen LogP contribution >= 0.6 is 0 Å². The lowest BCUT2D eigenvalue weighted by molar-refractivity contribution is -0.108. The predicted octanol–water partition coefficient (Wildman–Crippen LogP) is 3.57. The zero-order valence-corrected chi connectivity index (χ0v) is 11.6. The monoisotopic (exact) mass is 246 g/mol. The number of benzene rings is 1. The van der Waals surface area contributed by atoms with Crippen molar-refractivity contribution < 1.29 is 9.53 Å². The lowest BCUT2D eigenvalue weighted by Gasteiger charge is -2.25. The van der Waals surface area contributed by atoms with Crippen molar-refractivity contribution in [2.45, 2.75) is 51.9 Å². The molecular weight excluding hydrogens is 224 g/mol. The van der Waals surface area contributed by atoms with Crippen LogP contribution in [0.3, 0.4) is 0 Å². The number of carbonyl (C=O) groups is 1. The van der Waals surface area contributed by atoms with Gasteiger partial charge in [0.25, 0.3) is 0 Å². The Morgan fingerprint density at radius 3 is 2.78 bits per heavy atom. The van der Waals surface area contributed by atoms with Crippen LogP contribution in [-0.4, -0.2) is 13.4 Å². The Kier molecular flexibility index (Phi) is 4.05. The van der Waals surface area contributed by atoms with Gasteiger partial charge in [0.05, 0.1) is 7.11 Å². The molecule has 18 heavy (non-hydrogen) atoms. The summed E-state index contributed by atoms with van der Waals surface area (Å²) < 4.78 is 5.54. The van der Waals surface area contributed by atoms with Crippen LogP contribution in [-0.2, 0) is 17.6 Å². The summed E-state index contributed by atoms with van der Waals surface area (Å²) in [7, 11) is 1.72. The third-order valence-electron chi connectivity index (χ3n) is 4.10. The highest BCUT2D eigenvalue weighted by molar-refractivity contribution is 5.56. The normalized spacial score (nSPS) is 15.9. The fourth-order valence-corrected chi connectivity index (χ4v) is 3.14. The Morgan fingerprint density at radius 1 is 1.39 bits per heavy atom. The largest absolute Gasteiger partial charge is 0.496 e. The van der Waals surface area contributed by atoms with Gasteiger partial charge in [0, 0.05) is 12.0 Å². The van der Waals surface area contributed by atoms with E-state index in [1.807, 2.05) is 0 Å². The summed E-state index contributed by atoms with van der Waals surface area (Å²) in [6.07, 6.45) is 6.46. The molecule has 2 rings (SSSR count). The van der Waals surface area contributed by atoms with Crippen molar-refractivity contribution in [2.24, 2.45) is 0 Å². The minimum absolute atomic E-state index is 0.240. The Hall–Kier alpha value is -1.31. The molecule has 1 aliphatic carbocycles. The fourth-order valence-electron chi connectivity index (χ4n) is 3.14. The number of ether oxygens (including phenoxy) is 1. The molecule has 0 bridgehead atoms. The third kappa shape index (κ3) is 2.29. The second-order valence-corrected chi connectivity index (χ2v) is 5.27. The van der Waals surface area contributed by atoms with E-state index in [0.29, 0.717) is 6.42 Å². The number of hydrogen-bond acceptors (Lipinski definition) is 2. The van der Waals surface area contributed by atoms with Crippen LogP contribution in [0, 0.1) is 6.92 Å². The summed E-state index contributed by atoms with van der Waals surface area (Å²) in [5, 5.41) is 0. The van der Waals surface area contributed by atoms with E-state index in [1.54, 1.807) is 7.11 Å². The lowest BCUT2D eigenvalue weighted by atomic mass is 9.82. The fraction of sp³-hybridized carbons (Fsp3) is 0.562. The number of aldehydes is 1. The molecule has 0 heterocycles. The van der Waals surface area contributed by atoms with Crippen LogP contribution in [0.25, 0.3) is 0 Å². The topological polar surface area (TPSA) is 26.3 Å². The molecule has 0 fully saturated rings. The van der Waals surface area contributed by atoms with E-state index in [9.17, 15) is 4.79 Å². The molecule has 1 aromatic carbocycles. The number of methoxy groups -OCH3 is 1. The van der Waals surface area contributed by atoms with Gasteiger partial charge in [-0.05, 0) is 61.3 Å². The Labute approximate surface area is 109 Å². The second-order valence-electron chi connectivity index (χ2n) is 5.27. The maximum atomic E-state index is 10.7. The van der Waals surface area contributed by atoms with E-state index >= 15 is 0 Å². The molecule has 0 amide bonds. The molecule has 98 valence electrons. The molecule has 1 unspecified atom stereocenters. The minimum Gasteiger partial charge on any atom is -0.496 e. The van der Waals surface area contributed by atoms with Crippen molar-refractivity contribution in [3.05, 3.63) is 28.3 Å². The summed E-state index contributed by atoms with van der Waals surface area (Å²) in [5.41, 5.74) is 5.51. The highest BCUT2D eigenvalue weighted by Gasteiger charge is 2.21. The zero-order chi connectivity index (χ0) is 13.1. The molecule has 0 aliphatic heterocycles. The highest BCUT2D eigenvalue weighted by atomic mass is 16.5. The van der Waals surface area contributed by atoms with Gasteiger partial charge in [0.1, 0.15) is 12.0 Å². The summed E-state index contributed by atoms with van der Waals surface area (Å²) in [6.45, 7) is 4.29. The molecule has 0 N–H and O–H groups in total. The molecule has 0 radical (unpaired) electrons. The predicted molar refractivity (Wildman–Crippen MR) is 73.5 cm³/mol. The van der Waals surface area contributed by atoms with Gasteiger partial charge >= 0.3 is 0 Å². The molecule has 0 spiro atoms. The lowest BCUT2D eigenvalue weighted by Crippen LogP contribution is -2.10. The average Bonchev–Trinajstić information content (AvgIpc) is 2.38. The number of aryl methyl sites for hydroxylation is 1. The molecular formula is C16H22O2. The van der Waals surface area contributed by atoms with Crippen molar-refractivity contribution >= 4 is 6.29 Å². The summed E-state index contributed by atoms with van der Waals surface area (Å²) in [5.74, 6) is 1.20. The first-order valence-corrected chi connectivity index (χ1v) is 6.82. The first-order valence-electron chi connectivity index (χ1n) is 6.82. The summed E-state index contributed by atoms with van der Waals surface area (Å²) >= 11 is 0. The van der Waals surface area contributed by atoms with Crippen molar-refractivity contribution in [2.75, 3.05) is 7.11 Å². The van der Waals surface area contributed by atoms with Gasteiger partial charge in [-0.15, -0.1) is 0 Å². The molecule has 0 aromatic heterocycles. The van der Waals surface area contributed by atoms with Crippen molar-refractivity contribution in [1.82, 2.24) is 0 Å². The van der Waals surface area contributed by atoms with E-state index in [4.69, 9.17) is 4.74 Å². The summed E-state index contributed by atoms with van der Waals surface area (Å²) in [4.78, 5) is 10.7. The van der Waals surface area contributed by atoms with Crippen molar-refractivity contribution in [1.29, 1.82) is 0 Å². The first kappa shape index (κ1) is 13.1. The van der Waals surface area contributed by atoms with Gasteiger partial charge in [-0.2, -0.15) is 0 Å². The van der Waals surface area contributed by atoms with E-state index in [1.165, 1.54) is 41.5 Å². The third-order valence-corrected chi connectivity index (χ3v) is 4.10. The quantitative estimate of drug-likeness (QED) is 0.759. The Morgan fingerprint density at radius 2 is 2.11 bits per heavy atom. The SMILES string of the molecule is COc1cc2c(c(C)c1C(C)CC=O)CCCC2. The van der Waals surface area contributed by atoms with Gasteiger partial charge in [0.15, 0.2) is 0 Å². The molecule has 2 heteroatoms. The van der Waals surface area contributed by atoms with Gasteiger partial charge in [0.2, 0.25) is 0 Å². The molecule has 2 nitrogen and oxygen atoms in total. The maximum Gasteiger partial charge on any atom is 0.122 e. The Bertz CT molecular complexity index is 449. The number of rotatable bonds is 4. The van der Waals surface area contributed by atoms with E-state index in [2.05, 4.69) is 19.9 Å². The number of hydrogen-bond donors (Lipinski definition) is 0. The van der Waals surface area contributed by atoms with Crippen LogP contribution in [0.15, 0.2) is 6.07 Å². The van der Waals surface area contributed by atoms with Gasteiger partial charge in [-0.3, -0.25) is 0 Å². The van der Waals surface area contributed by atoms with Gasteiger partial charge < -0.3 is 9.53 Å². The van der Waals surface area contributed by atoms with Crippen LogP contribution in [0.2, 0.25) is 0 Å². The van der Waals surface area contributed by atoms with Crippen molar-refractivity contribution in [3.63, 3.8) is 0 Å². The van der Waals surface area contributed by atoms with Crippen molar-refractivity contribution in [3.8, 4) is 5.75 Å². The molecule has 1 aliphatic rings. The van der Waals surface area contributed by atoms with Gasteiger partial charge in [-0.1, -0.05) is 6.92 Å². The van der Waals surface area contributed by atoms with E-state index in [0.717, 1.165) is 18.5 Å². The molecule has 0 saturated carbocycles. The van der Waals surface area contributed by atoms with Crippen LogP contribution < -0.4 is 4.74 Å². The maximum absolute atomic E-state index is 10.7. The van der Waals surface area contributed by atoms with Crippen LogP contribution in [0.4, 0.5) is 0 Å². The zero-order valence-electron chi connectivity index (χ0n) is 11.6. The average molecular weight is 246 g/mol. The standard InChI is InChI=1S/C16H22O2/c1-11(8-9-17)16-12(2)14-7-5-4-6-13(14)10-15(16)18-3/h9-11H,4-8H2,1-3H3. The molecule has 1 atom stereocenters. The van der Waals surface area contributed by atoms with Gasteiger partial charge in [-0.25, -0.2) is 0 Å². The minimum atomic E-state index is 0.240. The first-order chi connectivity index (χ1) is 8.69. The van der Waals surface area contributed by atoms with E-state index in [-0.39, 0.29) is 5.92 Å². The Balaban J connectivity index is 2.52. The smallest absolute Gasteiger partial charge is 0.122 e. The summed E-state index contributed by atoms with van der Waals surface area (Å²) in [6, 6.07) is 2.19. The molecule has 0 saturated heterocycles. The second kappa shape index (κ2) is 5.55.